The van der Waals surface area contributed by atoms with Crippen LogP contribution in [0.25, 0.3) is 0 Å². The van der Waals surface area contributed by atoms with Crippen LogP contribution in [-0.2, 0) is 0 Å². The van der Waals surface area contributed by atoms with E-state index in [2.05, 4.69) is 25.7 Å². The van der Waals surface area contributed by atoms with Crippen molar-refractivity contribution in [1.82, 2.24) is 4.90 Å². The van der Waals surface area contributed by atoms with Gasteiger partial charge in [0.1, 0.15) is 0 Å². The van der Waals surface area contributed by atoms with E-state index in [0.29, 0.717) is 0 Å². The van der Waals surface area contributed by atoms with Gasteiger partial charge in [0.15, 0.2) is 0 Å². The minimum absolute atomic E-state index is 0.926. The molecule has 0 spiro atoms. The fraction of sp³-hybridized carbons (Fsp3) is 1.00. The van der Waals surface area contributed by atoms with E-state index >= 15 is 0 Å². The molecule has 0 aromatic rings. The number of hydrogen-bond acceptors (Lipinski definition) is 1. The SMILES string of the molecule is CCCC[C@H]1[C@H](CC)C[C@@H](CC)[C@@H]2CCCN12. The fourth-order valence-electron chi connectivity index (χ4n) is 4.40. The van der Waals surface area contributed by atoms with Crippen LogP contribution in [-0.4, -0.2) is 23.5 Å². The van der Waals surface area contributed by atoms with E-state index in [1.807, 2.05) is 0 Å². The number of unbranched alkanes of at least 4 members (excludes halogenated alkanes) is 1. The predicted molar refractivity (Wildman–Crippen MR) is 75.2 cm³/mol. The number of rotatable bonds is 5. The molecule has 0 unspecified atom stereocenters. The lowest BCUT2D eigenvalue weighted by atomic mass is 9.75. The molecule has 0 aromatic carbocycles. The number of nitrogens with zero attached hydrogens (tertiary/aromatic N) is 1. The van der Waals surface area contributed by atoms with Crippen LogP contribution < -0.4 is 0 Å². The van der Waals surface area contributed by atoms with Gasteiger partial charge in [-0.3, -0.25) is 4.90 Å². The molecule has 1 nitrogen and oxygen atoms in total. The largest absolute Gasteiger partial charge is 0.297 e. The lowest BCUT2D eigenvalue weighted by molar-refractivity contribution is 0.0181. The van der Waals surface area contributed by atoms with Crippen LogP contribution in [0, 0.1) is 11.8 Å². The Hall–Kier alpha value is -0.0400. The monoisotopic (exact) mass is 237 g/mol. The van der Waals surface area contributed by atoms with Gasteiger partial charge in [-0.2, -0.15) is 0 Å². The Kier molecular flexibility index (Phi) is 4.90. The second-order valence-corrected chi connectivity index (χ2v) is 6.23. The normalized spacial score (nSPS) is 38.3. The van der Waals surface area contributed by atoms with Crippen molar-refractivity contribution in [2.75, 3.05) is 6.54 Å². The Morgan fingerprint density at radius 3 is 2.47 bits per heavy atom. The van der Waals surface area contributed by atoms with Gasteiger partial charge in [-0.1, -0.05) is 46.5 Å². The summed E-state index contributed by atoms with van der Waals surface area (Å²) in [6, 6.07) is 1.87. The van der Waals surface area contributed by atoms with Crippen molar-refractivity contribution in [2.45, 2.75) is 84.2 Å². The number of fused-ring (bicyclic) bond motifs is 1. The highest BCUT2D eigenvalue weighted by Crippen LogP contribution is 2.42. The molecule has 2 rings (SSSR count). The zero-order valence-electron chi connectivity index (χ0n) is 12.1. The lowest BCUT2D eigenvalue weighted by Gasteiger charge is -2.47. The van der Waals surface area contributed by atoms with Crippen molar-refractivity contribution in [1.29, 1.82) is 0 Å². The molecule has 2 fully saturated rings. The first kappa shape index (κ1) is 13.4. The highest BCUT2D eigenvalue weighted by atomic mass is 15.2. The molecule has 2 aliphatic rings. The summed E-state index contributed by atoms with van der Waals surface area (Å²) in [5, 5.41) is 0. The molecule has 0 aromatic heterocycles. The van der Waals surface area contributed by atoms with Gasteiger partial charge in [0.05, 0.1) is 0 Å². The van der Waals surface area contributed by atoms with Gasteiger partial charge >= 0.3 is 0 Å². The van der Waals surface area contributed by atoms with E-state index in [-0.39, 0.29) is 0 Å². The second kappa shape index (κ2) is 6.22. The van der Waals surface area contributed by atoms with E-state index in [9.17, 15) is 0 Å². The summed E-state index contributed by atoms with van der Waals surface area (Å²) in [4.78, 5) is 2.92. The molecule has 0 saturated carbocycles. The Bertz CT molecular complexity index is 226. The molecule has 0 bridgehead atoms. The van der Waals surface area contributed by atoms with Crippen molar-refractivity contribution < 1.29 is 0 Å². The average molecular weight is 237 g/mol. The van der Waals surface area contributed by atoms with Gasteiger partial charge in [0.2, 0.25) is 0 Å². The molecule has 1 heteroatoms. The van der Waals surface area contributed by atoms with Crippen LogP contribution in [0.5, 0.6) is 0 Å². The van der Waals surface area contributed by atoms with Gasteiger partial charge in [-0.05, 0) is 44.1 Å². The summed E-state index contributed by atoms with van der Waals surface area (Å²) in [5.41, 5.74) is 0. The first-order chi connectivity index (χ1) is 8.31. The van der Waals surface area contributed by atoms with Crippen molar-refractivity contribution in [3.8, 4) is 0 Å². The summed E-state index contributed by atoms with van der Waals surface area (Å²) in [5.74, 6) is 1.99. The predicted octanol–water partition coefficient (Wildman–Crippen LogP) is 4.47. The summed E-state index contributed by atoms with van der Waals surface area (Å²) < 4.78 is 0. The number of piperidine rings is 1. The van der Waals surface area contributed by atoms with E-state index < -0.39 is 0 Å². The molecular weight excluding hydrogens is 206 g/mol. The molecule has 0 radical (unpaired) electrons. The van der Waals surface area contributed by atoms with Gasteiger partial charge in [-0.25, -0.2) is 0 Å². The third kappa shape index (κ3) is 2.70. The van der Waals surface area contributed by atoms with Crippen molar-refractivity contribution in [3.63, 3.8) is 0 Å². The summed E-state index contributed by atoms with van der Waals surface area (Å²) >= 11 is 0. The highest BCUT2D eigenvalue weighted by molar-refractivity contribution is 4.96. The van der Waals surface area contributed by atoms with E-state index in [1.54, 1.807) is 0 Å². The van der Waals surface area contributed by atoms with Crippen LogP contribution >= 0.6 is 0 Å². The zero-order valence-corrected chi connectivity index (χ0v) is 12.1. The fourth-order valence-corrected chi connectivity index (χ4v) is 4.40. The number of hydrogen-bond donors (Lipinski definition) is 0. The highest BCUT2D eigenvalue weighted by Gasteiger charge is 2.42. The molecule has 100 valence electrons. The Balaban J connectivity index is 2.06. The maximum atomic E-state index is 2.92. The topological polar surface area (TPSA) is 3.24 Å². The Labute approximate surface area is 108 Å². The van der Waals surface area contributed by atoms with Crippen LogP contribution in [0.2, 0.25) is 0 Å². The maximum Gasteiger partial charge on any atom is 0.0127 e. The third-order valence-corrected chi connectivity index (χ3v) is 5.36. The van der Waals surface area contributed by atoms with E-state index in [4.69, 9.17) is 0 Å². The molecule has 4 atom stereocenters. The van der Waals surface area contributed by atoms with Crippen LogP contribution in [0.4, 0.5) is 0 Å². The molecule has 17 heavy (non-hydrogen) atoms. The third-order valence-electron chi connectivity index (χ3n) is 5.36. The summed E-state index contributed by atoms with van der Waals surface area (Å²) in [7, 11) is 0. The molecule has 0 N–H and O–H groups in total. The molecular formula is C16H31N. The minimum Gasteiger partial charge on any atom is -0.297 e. The smallest absolute Gasteiger partial charge is 0.0127 e. The van der Waals surface area contributed by atoms with Crippen molar-refractivity contribution >= 4 is 0 Å². The average Bonchev–Trinajstić information content (AvgIpc) is 2.84. The summed E-state index contributed by atoms with van der Waals surface area (Å²) in [6.07, 6.45) is 11.5. The van der Waals surface area contributed by atoms with E-state index in [1.165, 1.54) is 57.9 Å². The van der Waals surface area contributed by atoms with Crippen molar-refractivity contribution in [3.05, 3.63) is 0 Å². The standard InChI is InChI=1S/C16H31N/c1-4-7-9-15-13(5-2)12-14(6-3)16-10-8-11-17(15)16/h13-16H,4-12H2,1-3H3/t13-,14-,15+,16+/m1/s1. The first-order valence-electron chi connectivity index (χ1n) is 8.07. The first-order valence-corrected chi connectivity index (χ1v) is 8.07. The van der Waals surface area contributed by atoms with Gasteiger partial charge < -0.3 is 0 Å². The quantitative estimate of drug-likeness (QED) is 0.682. The zero-order chi connectivity index (χ0) is 12.3. The molecule has 2 heterocycles. The second-order valence-electron chi connectivity index (χ2n) is 6.23. The molecule has 2 aliphatic heterocycles. The minimum atomic E-state index is 0.926. The maximum absolute atomic E-state index is 2.92. The lowest BCUT2D eigenvalue weighted by Crippen LogP contribution is -2.51. The summed E-state index contributed by atoms with van der Waals surface area (Å²) in [6.45, 7) is 8.54. The van der Waals surface area contributed by atoms with Gasteiger partial charge in [0.25, 0.3) is 0 Å². The van der Waals surface area contributed by atoms with Crippen LogP contribution in [0.15, 0.2) is 0 Å². The Morgan fingerprint density at radius 1 is 1.06 bits per heavy atom. The van der Waals surface area contributed by atoms with Gasteiger partial charge in [-0.15, -0.1) is 0 Å². The molecule has 0 amide bonds. The van der Waals surface area contributed by atoms with Crippen LogP contribution in [0.1, 0.15) is 72.1 Å². The molecule has 0 aliphatic carbocycles. The molecule has 2 saturated heterocycles. The Morgan fingerprint density at radius 2 is 1.82 bits per heavy atom. The van der Waals surface area contributed by atoms with Crippen LogP contribution in [0.3, 0.4) is 0 Å². The van der Waals surface area contributed by atoms with E-state index in [0.717, 1.165) is 23.9 Å². The van der Waals surface area contributed by atoms with Crippen molar-refractivity contribution in [2.24, 2.45) is 11.8 Å². The van der Waals surface area contributed by atoms with Gasteiger partial charge in [0, 0.05) is 12.1 Å².